The third-order valence-corrected chi connectivity index (χ3v) is 6.06. The van der Waals surface area contributed by atoms with E-state index in [9.17, 15) is 14.7 Å². The number of carboxylic acid groups (broad SMARTS) is 1. The molecular weight excluding hydrogens is 348 g/mol. The maximum Gasteiger partial charge on any atom is 0.321 e. The Kier molecular flexibility index (Phi) is 8.72. The number of nitrogens with zero attached hydrogens (tertiary/aromatic N) is 1. The SMILES string of the molecule is CC(C)C[C@@H](C=O)N[C@@H](Cc1csc(CCC2CCCCC2)n1)C(=O)O. The lowest BCUT2D eigenvalue weighted by molar-refractivity contribution is -0.139. The van der Waals surface area contributed by atoms with E-state index in [0.717, 1.165) is 29.3 Å². The van der Waals surface area contributed by atoms with Crippen LogP contribution in [0.1, 0.15) is 69.5 Å². The number of aromatic nitrogens is 1. The summed E-state index contributed by atoms with van der Waals surface area (Å²) in [6.45, 7) is 4.04. The Morgan fingerprint density at radius 1 is 1.38 bits per heavy atom. The number of hydrogen-bond donors (Lipinski definition) is 2. The number of thiazole rings is 1. The van der Waals surface area contributed by atoms with Crippen LogP contribution < -0.4 is 5.32 Å². The Morgan fingerprint density at radius 3 is 2.73 bits per heavy atom. The Bertz CT molecular complexity index is 567. The number of aryl methyl sites for hydroxylation is 1. The smallest absolute Gasteiger partial charge is 0.321 e. The van der Waals surface area contributed by atoms with Gasteiger partial charge in [0.2, 0.25) is 0 Å². The van der Waals surface area contributed by atoms with E-state index in [-0.39, 0.29) is 0 Å². The Balaban J connectivity index is 1.87. The molecule has 1 heterocycles. The van der Waals surface area contributed by atoms with Crippen LogP contribution in [0.4, 0.5) is 0 Å². The lowest BCUT2D eigenvalue weighted by Crippen LogP contribution is -2.46. The second kappa shape index (κ2) is 10.8. The number of rotatable bonds is 11. The molecule has 2 atom stereocenters. The number of carboxylic acids is 1. The van der Waals surface area contributed by atoms with E-state index < -0.39 is 18.1 Å². The van der Waals surface area contributed by atoms with Crippen LogP contribution >= 0.6 is 11.3 Å². The second-order valence-corrected chi connectivity index (χ2v) is 8.85. The van der Waals surface area contributed by atoms with Crippen molar-refractivity contribution in [1.29, 1.82) is 0 Å². The molecule has 5 nitrogen and oxygen atoms in total. The van der Waals surface area contributed by atoms with Gasteiger partial charge in [0.15, 0.2) is 0 Å². The zero-order valence-electron chi connectivity index (χ0n) is 15.9. The van der Waals surface area contributed by atoms with E-state index in [0.29, 0.717) is 18.8 Å². The predicted molar refractivity (Wildman–Crippen MR) is 105 cm³/mol. The number of nitrogens with one attached hydrogen (secondary N) is 1. The van der Waals surface area contributed by atoms with Crippen LogP contribution in [-0.2, 0) is 22.4 Å². The highest BCUT2D eigenvalue weighted by molar-refractivity contribution is 7.09. The van der Waals surface area contributed by atoms with Gasteiger partial charge in [-0.05, 0) is 31.1 Å². The summed E-state index contributed by atoms with van der Waals surface area (Å²) < 4.78 is 0. The predicted octanol–water partition coefficient (Wildman–Crippen LogP) is 3.85. The van der Waals surface area contributed by atoms with Gasteiger partial charge in [0.25, 0.3) is 0 Å². The van der Waals surface area contributed by atoms with Crippen molar-refractivity contribution >= 4 is 23.6 Å². The lowest BCUT2D eigenvalue weighted by atomic mass is 9.86. The topological polar surface area (TPSA) is 79.3 Å². The molecule has 0 bridgehead atoms. The van der Waals surface area contributed by atoms with Crippen molar-refractivity contribution in [3.8, 4) is 0 Å². The maximum absolute atomic E-state index is 11.6. The van der Waals surface area contributed by atoms with Gasteiger partial charge in [0, 0.05) is 11.8 Å². The molecular formula is C20H32N2O3S. The molecule has 1 aromatic rings. The molecule has 0 unspecified atom stereocenters. The highest BCUT2D eigenvalue weighted by Gasteiger charge is 2.23. The van der Waals surface area contributed by atoms with Crippen LogP contribution in [0.3, 0.4) is 0 Å². The van der Waals surface area contributed by atoms with Crippen molar-refractivity contribution in [2.75, 3.05) is 0 Å². The fourth-order valence-electron chi connectivity index (χ4n) is 3.72. The Hall–Kier alpha value is -1.27. The molecule has 26 heavy (non-hydrogen) atoms. The van der Waals surface area contributed by atoms with Gasteiger partial charge in [0.1, 0.15) is 12.3 Å². The molecule has 0 radical (unpaired) electrons. The summed E-state index contributed by atoms with van der Waals surface area (Å²) in [6, 6.07) is -1.21. The van der Waals surface area contributed by atoms with Gasteiger partial charge < -0.3 is 9.90 Å². The third-order valence-electron chi connectivity index (χ3n) is 5.11. The highest BCUT2D eigenvalue weighted by atomic mass is 32.1. The quantitative estimate of drug-likeness (QED) is 0.570. The number of carbonyl (C=O) groups is 2. The fraction of sp³-hybridized carbons (Fsp3) is 0.750. The lowest BCUT2D eigenvalue weighted by Gasteiger charge is -2.20. The van der Waals surface area contributed by atoms with Gasteiger partial charge in [-0.2, -0.15) is 0 Å². The molecule has 0 amide bonds. The first-order valence-electron chi connectivity index (χ1n) is 9.85. The average molecular weight is 381 g/mol. The number of aldehydes is 1. The molecule has 1 aromatic heterocycles. The number of aliphatic carboxylic acids is 1. The molecule has 1 aliphatic rings. The molecule has 1 fully saturated rings. The monoisotopic (exact) mass is 380 g/mol. The summed E-state index contributed by atoms with van der Waals surface area (Å²) >= 11 is 1.63. The minimum Gasteiger partial charge on any atom is -0.480 e. The fourth-order valence-corrected chi connectivity index (χ4v) is 4.54. The van der Waals surface area contributed by atoms with Crippen LogP contribution in [0, 0.1) is 11.8 Å². The molecule has 0 aliphatic heterocycles. The van der Waals surface area contributed by atoms with E-state index in [1.165, 1.54) is 38.5 Å². The van der Waals surface area contributed by atoms with E-state index in [4.69, 9.17) is 0 Å². The van der Waals surface area contributed by atoms with Gasteiger partial charge in [-0.15, -0.1) is 11.3 Å². The van der Waals surface area contributed by atoms with E-state index >= 15 is 0 Å². The Labute approximate surface area is 160 Å². The molecule has 2 rings (SSSR count). The van der Waals surface area contributed by atoms with Crippen molar-refractivity contribution in [3.05, 3.63) is 16.1 Å². The first-order valence-corrected chi connectivity index (χ1v) is 10.7. The standard InChI is InChI=1S/C20H32N2O3S/c1-14(2)10-16(12-23)21-18(20(24)25)11-17-13-26-19(22-17)9-8-15-6-4-3-5-7-15/h12-16,18,21H,3-11H2,1-2H3,(H,24,25)/t16-,18-/m0/s1. The van der Waals surface area contributed by atoms with Crippen molar-refractivity contribution in [1.82, 2.24) is 10.3 Å². The number of carbonyl (C=O) groups excluding carboxylic acids is 1. The minimum absolute atomic E-state index is 0.317. The number of hydrogen-bond acceptors (Lipinski definition) is 5. The van der Waals surface area contributed by atoms with Crippen LogP contribution in [0.2, 0.25) is 0 Å². The maximum atomic E-state index is 11.6. The van der Waals surface area contributed by atoms with Crippen molar-refractivity contribution in [2.45, 2.75) is 83.7 Å². The van der Waals surface area contributed by atoms with Crippen LogP contribution in [-0.4, -0.2) is 34.4 Å². The van der Waals surface area contributed by atoms with Crippen LogP contribution in [0.5, 0.6) is 0 Å². The van der Waals surface area contributed by atoms with Gasteiger partial charge in [-0.25, -0.2) is 4.98 Å². The minimum atomic E-state index is -0.933. The Morgan fingerprint density at radius 2 is 2.12 bits per heavy atom. The first-order chi connectivity index (χ1) is 12.5. The van der Waals surface area contributed by atoms with E-state index in [2.05, 4.69) is 10.3 Å². The van der Waals surface area contributed by atoms with E-state index in [1.54, 1.807) is 11.3 Å². The first kappa shape index (κ1) is 21.0. The molecule has 0 aromatic carbocycles. The summed E-state index contributed by atoms with van der Waals surface area (Å²) in [5, 5.41) is 15.5. The molecule has 1 aliphatic carbocycles. The second-order valence-electron chi connectivity index (χ2n) is 7.91. The average Bonchev–Trinajstić information content (AvgIpc) is 3.06. The summed E-state index contributed by atoms with van der Waals surface area (Å²) in [4.78, 5) is 27.4. The van der Waals surface area contributed by atoms with Crippen LogP contribution in [0.25, 0.3) is 0 Å². The van der Waals surface area contributed by atoms with Crippen molar-refractivity contribution < 1.29 is 14.7 Å². The summed E-state index contributed by atoms with van der Waals surface area (Å²) in [6.07, 6.45) is 10.7. The molecule has 146 valence electrons. The molecule has 0 spiro atoms. The summed E-state index contributed by atoms with van der Waals surface area (Å²) in [5.74, 6) is 0.226. The summed E-state index contributed by atoms with van der Waals surface area (Å²) in [5.41, 5.74) is 0.808. The zero-order valence-corrected chi connectivity index (χ0v) is 16.8. The van der Waals surface area contributed by atoms with E-state index in [1.807, 2.05) is 19.2 Å². The van der Waals surface area contributed by atoms with Crippen molar-refractivity contribution in [2.24, 2.45) is 11.8 Å². The zero-order chi connectivity index (χ0) is 18.9. The van der Waals surface area contributed by atoms with Gasteiger partial charge in [-0.1, -0.05) is 46.0 Å². The largest absolute Gasteiger partial charge is 0.480 e. The normalized spacial score (nSPS) is 18.0. The van der Waals surface area contributed by atoms with Gasteiger partial charge in [-0.3, -0.25) is 10.1 Å². The summed E-state index contributed by atoms with van der Waals surface area (Å²) in [7, 11) is 0. The van der Waals surface area contributed by atoms with Crippen LogP contribution in [0.15, 0.2) is 5.38 Å². The molecule has 0 saturated heterocycles. The van der Waals surface area contributed by atoms with Gasteiger partial charge >= 0.3 is 5.97 Å². The van der Waals surface area contributed by atoms with Crippen molar-refractivity contribution in [3.63, 3.8) is 0 Å². The highest BCUT2D eigenvalue weighted by Crippen LogP contribution is 2.28. The third kappa shape index (κ3) is 7.16. The van der Waals surface area contributed by atoms with Gasteiger partial charge in [0.05, 0.1) is 16.7 Å². The molecule has 1 saturated carbocycles. The molecule has 2 N–H and O–H groups in total. The molecule has 6 heteroatoms.